The molecule has 0 aliphatic heterocycles. The Hall–Kier alpha value is -1.75. The van der Waals surface area contributed by atoms with Gasteiger partial charge in [-0.15, -0.1) is 0 Å². The average Bonchev–Trinajstić information content (AvgIpc) is 2.84. The van der Waals surface area contributed by atoms with Crippen LogP contribution < -0.4 is 5.73 Å². The number of aryl methyl sites for hydroxylation is 1. The van der Waals surface area contributed by atoms with Gasteiger partial charge in [-0.2, -0.15) is 0 Å². The first-order valence-corrected chi connectivity index (χ1v) is 6.67. The van der Waals surface area contributed by atoms with Crippen LogP contribution in [0.2, 0.25) is 0 Å². The van der Waals surface area contributed by atoms with Gasteiger partial charge in [0.1, 0.15) is 5.76 Å². The molecule has 100 valence electrons. The van der Waals surface area contributed by atoms with Gasteiger partial charge in [-0.3, -0.25) is 0 Å². The lowest BCUT2D eigenvalue weighted by molar-refractivity contribution is 0.197. The van der Waals surface area contributed by atoms with E-state index in [2.05, 4.69) is 15.9 Å². The van der Waals surface area contributed by atoms with Crippen LogP contribution in [-0.4, -0.2) is 10.9 Å². The summed E-state index contributed by atoms with van der Waals surface area (Å²) in [4.78, 5) is 13.0. The second-order valence-electron chi connectivity index (χ2n) is 4.37. The maximum atomic E-state index is 11.5. The lowest BCUT2D eigenvalue weighted by Crippen LogP contribution is -2.34. The third-order valence-electron chi connectivity index (χ3n) is 2.81. The van der Waals surface area contributed by atoms with Gasteiger partial charge in [0.15, 0.2) is 0 Å². The minimum absolute atomic E-state index is 0.364. The molecule has 19 heavy (non-hydrogen) atoms. The summed E-state index contributed by atoms with van der Waals surface area (Å²) in [5.74, 6) is 0.710. The largest absolute Gasteiger partial charge is 0.467 e. The number of nitrogens with zero attached hydrogens (tertiary/aromatic N) is 1. The van der Waals surface area contributed by atoms with E-state index in [-0.39, 0.29) is 0 Å². The molecule has 4 nitrogen and oxygen atoms in total. The highest BCUT2D eigenvalue weighted by Gasteiger charge is 2.14. The molecule has 2 amide bonds. The molecule has 2 N–H and O–H groups in total. The molecule has 2 aromatic rings. The highest BCUT2D eigenvalue weighted by atomic mass is 79.9. The molecule has 1 aromatic carbocycles. The summed E-state index contributed by atoms with van der Waals surface area (Å²) < 4.78 is 6.21. The van der Waals surface area contributed by atoms with Crippen LogP contribution in [0.4, 0.5) is 4.79 Å². The van der Waals surface area contributed by atoms with Crippen LogP contribution in [-0.2, 0) is 13.1 Å². The first kappa shape index (κ1) is 13.7. The van der Waals surface area contributed by atoms with Crippen LogP contribution in [0.25, 0.3) is 0 Å². The lowest BCUT2D eigenvalue weighted by atomic mass is 10.1. The predicted octanol–water partition coefficient (Wildman–Crippen LogP) is 3.43. The molecule has 0 radical (unpaired) electrons. The van der Waals surface area contributed by atoms with Gasteiger partial charge in [0.25, 0.3) is 0 Å². The van der Waals surface area contributed by atoms with Crippen molar-refractivity contribution in [3.8, 4) is 0 Å². The Morgan fingerprint density at radius 1 is 1.37 bits per heavy atom. The Morgan fingerprint density at radius 3 is 2.74 bits per heavy atom. The van der Waals surface area contributed by atoms with Crippen LogP contribution in [0.5, 0.6) is 0 Å². The van der Waals surface area contributed by atoms with Gasteiger partial charge in [-0.1, -0.05) is 28.1 Å². The third kappa shape index (κ3) is 3.61. The number of amides is 2. The van der Waals surface area contributed by atoms with Gasteiger partial charge in [-0.25, -0.2) is 4.79 Å². The number of carbonyl (C=O) groups excluding carboxylic acids is 1. The lowest BCUT2D eigenvalue weighted by Gasteiger charge is -2.20. The van der Waals surface area contributed by atoms with E-state index in [4.69, 9.17) is 10.2 Å². The molecule has 0 saturated carbocycles. The summed E-state index contributed by atoms with van der Waals surface area (Å²) in [5.41, 5.74) is 7.58. The monoisotopic (exact) mass is 322 g/mol. The maximum Gasteiger partial charge on any atom is 0.315 e. The summed E-state index contributed by atoms with van der Waals surface area (Å²) in [6, 6.07) is 9.14. The number of urea groups is 1. The molecule has 0 fully saturated rings. The summed E-state index contributed by atoms with van der Waals surface area (Å²) in [6.45, 7) is 2.82. The number of furan rings is 1. The Kier molecular flexibility index (Phi) is 4.27. The van der Waals surface area contributed by atoms with Crippen molar-refractivity contribution in [1.82, 2.24) is 4.90 Å². The summed E-state index contributed by atoms with van der Waals surface area (Å²) in [5, 5.41) is 0. The van der Waals surface area contributed by atoms with Crippen molar-refractivity contribution in [2.24, 2.45) is 5.73 Å². The van der Waals surface area contributed by atoms with Gasteiger partial charge >= 0.3 is 6.03 Å². The minimum atomic E-state index is -0.469. The zero-order valence-corrected chi connectivity index (χ0v) is 12.2. The first-order valence-electron chi connectivity index (χ1n) is 5.88. The molecule has 1 heterocycles. The van der Waals surface area contributed by atoms with Crippen molar-refractivity contribution < 1.29 is 9.21 Å². The molecular weight excluding hydrogens is 308 g/mol. The SMILES string of the molecule is Cc1ccc(CN(Cc2ccco2)C(N)=O)c(Br)c1. The normalized spacial score (nSPS) is 10.4. The quantitative estimate of drug-likeness (QED) is 0.937. The molecule has 2 rings (SSSR count). The number of rotatable bonds is 4. The molecule has 0 bridgehead atoms. The molecule has 1 aromatic heterocycles. The van der Waals surface area contributed by atoms with Crippen LogP contribution in [0.1, 0.15) is 16.9 Å². The van der Waals surface area contributed by atoms with Gasteiger partial charge in [0, 0.05) is 11.0 Å². The number of hydrogen-bond acceptors (Lipinski definition) is 2. The van der Waals surface area contributed by atoms with Crippen LogP contribution in [0.3, 0.4) is 0 Å². The number of benzene rings is 1. The molecule has 5 heteroatoms. The Morgan fingerprint density at radius 2 is 2.16 bits per heavy atom. The van der Waals surface area contributed by atoms with Crippen molar-refractivity contribution >= 4 is 22.0 Å². The van der Waals surface area contributed by atoms with E-state index in [9.17, 15) is 4.79 Å². The molecule has 0 unspecified atom stereocenters. The van der Waals surface area contributed by atoms with E-state index in [0.717, 1.165) is 15.6 Å². The smallest absolute Gasteiger partial charge is 0.315 e. The fraction of sp³-hybridized carbons (Fsp3) is 0.214. The van der Waals surface area contributed by atoms with Crippen molar-refractivity contribution in [2.45, 2.75) is 20.0 Å². The predicted molar refractivity (Wildman–Crippen MR) is 76.4 cm³/mol. The topological polar surface area (TPSA) is 59.5 Å². The van der Waals surface area contributed by atoms with Gasteiger partial charge in [0.05, 0.1) is 12.8 Å². The fourth-order valence-corrected chi connectivity index (χ4v) is 2.41. The Balaban J connectivity index is 2.14. The standard InChI is InChI=1S/C14H15BrN2O2/c1-10-4-5-11(13(15)7-10)8-17(14(16)18)9-12-3-2-6-19-12/h2-7H,8-9H2,1H3,(H2,16,18). The van der Waals surface area contributed by atoms with Gasteiger partial charge < -0.3 is 15.1 Å². The average molecular weight is 323 g/mol. The van der Waals surface area contributed by atoms with Crippen LogP contribution in [0, 0.1) is 6.92 Å². The highest BCUT2D eigenvalue weighted by molar-refractivity contribution is 9.10. The van der Waals surface area contributed by atoms with Crippen LogP contribution in [0.15, 0.2) is 45.5 Å². The second-order valence-corrected chi connectivity index (χ2v) is 5.22. The zero-order chi connectivity index (χ0) is 13.8. The summed E-state index contributed by atoms with van der Waals surface area (Å²) >= 11 is 3.50. The number of halogens is 1. The second kappa shape index (κ2) is 5.93. The molecule has 0 aliphatic carbocycles. The number of nitrogens with two attached hydrogens (primary N) is 1. The minimum Gasteiger partial charge on any atom is -0.467 e. The van der Waals surface area contributed by atoms with Crippen molar-refractivity contribution in [1.29, 1.82) is 0 Å². The number of primary amides is 1. The summed E-state index contributed by atoms with van der Waals surface area (Å²) in [6.07, 6.45) is 1.58. The zero-order valence-electron chi connectivity index (χ0n) is 10.6. The molecular formula is C14H15BrN2O2. The molecule has 0 atom stereocenters. The summed E-state index contributed by atoms with van der Waals surface area (Å²) in [7, 11) is 0. The maximum absolute atomic E-state index is 11.5. The van der Waals surface area contributed by atoms with E-state index in [1.165, 1.54) is 4.90 Å². The molecule has 0 aliphatic rings. The van der Waals surface area contributed by atoms with E-state index < -0.39 is 6.03 Å². The number of carbonyl (C=O) groups is 1. The van der Waals surface area contributed by atoms with Crippen LogP contribution >= 0.6 is 15.9 Å². The highest BCUT2D eigenvalue weighted by Crippen LogP contribution is 2.21. The molecule has 0 saturated heterocycles. The molecule has 0 spiro atoms. The van der Waals surface area contributed by atoms with E-state index >= 15 is 0 Å². The van der Waals surface area contributed by atoms with Crippen molar-refractivity contribution in [2.75, 3.05) is 0 Å². The van der Waals surface area contributed by atoms with E-state index in [1.807, 2.05) is 31.2 Å². The first-order chi connectivity index (χ1) is 9.06. The van der Waals surface area contributed by atoms with Crippen molar-refractivity contribution in [3.63, 3.8) is 0 Å². The van der Waals surface area contributed by atoms with E-state index in [1.54, 1.807) is 12.3 Å². The van der Waals surface area contributed by atoms with Gasteiger partial charge in [0.2, 0.25) is 0 Å². The van der Waals surface area contributed by atoms with Crippen molar-refractivity contribution in [3.05, 3.63) is 58.0 Å². The Labute approximate surface area is 120 Å². The van der Waals surface area contributed by atoms with Gasteiger partial charge in [-0.05, 0) is 36.2 Å². The van der Waals surface area contributed by atoms with E-state index in [0.29, 0.717) is 18.8 Å². The number of hydrogen-bond donors (Lipinski definition) is 1. The third-order valence-corrected chi connectivity index (χ3v) is 3.55. The Bertz CT molecular complexity index is 567. The fourth-order valence-electron chi connectivity index (χ4n) is 1.79.